The number of thiazole rings is 1. The molecule has 2 aromatic rings. The van der Waals surface area contributed by atoms with Gasteiger partial charge in [0.1, 0.15) is 10.7 Å². The van der Waals surface area contributed by atoms with Gasteiger partial charge in [0, 0.05) is 5.92 Å². The third-order valence-corrected chi connectivity index (χ3v) is 4.42. The predicted molar refractivity (Wildman–Crippen MR) is 69.9 cm³/mol. The summed E-state index contributed by atoms with van der Waals surface area (Å²) in [5, 5.41) is 13.6. The van der Waals surface area contributed by atoms with E-state index in [-0.39, 0.29) is 0 Å². The third-order valence-electron chi connectivity index (χ3n) is 3.36. The summed E-state index contributed by atoms with van der Waals surface area (Å²) in [7, 11) is 0. The molecule has 88 valence electrons. The minimum Gasteiger partial charge on any atom is -0.411 e. The van der Waals surface area contributed by atoms with Crippen molar-refractivity contribution in [1.29, 1.82) is 0 Å². The average molecular weight is 246 g/mol. The maximum absolute atomic E-state index is 9.22. The molecule has 1 saturated carbocycles. The molecule has 1 fully saturated rings. The van der Waals surface area contributed by atoms with Crippen molar-refractivity contribution >= 4 is 27.3 Å². The van der Waals surface area contributed by atoms with Crippen LogP contribution in [0, 0.1) is 5.92 Å². The Kier molecular flexibility index (Phi) is 2.81. The Balaban J connectivity index is 2.01. The normalized spacial score (nSPS) is 18.0. The van der Waals surface area contributed by atoms with Crippen molar-refractivity contribution in [1.82, 2.24) is 4.98 Å². The average Bonchev–Trinajstić information content (AvgIpc) is 2.98. The predicted octanol–water partition coefficient (Wildman–Crippen LogP) is 3.66. The summed E-state index contributed by atoms with van der Waals surface area (Å²) < 4.78 is 1.15. The van der Waals surface area contributed by atoms with Gasteiger partial charge in [0.2, 0.25) is 0 Å². The maximum atomic E-state index is 9.22. The van der Waals surface area contributed by atoms with Crippen LogP contribution < -0.4 is 0 Å². The molecule has 1 aromatic carbocycles. The van der Waals surface area contributed by atoms with Gasteiger partial charge in [-0.2, -0.15) is 0 Å². The van der Waals surface area contributed by atoms with Crippen LogP contribution in [0.1, 0.15) is 30.7 Å². The van der Waals surface area contributed by atoms with E-state index in [0.717, 1.165) is 33.8 Å². The lowest BCUT2D eigenvalue weighted by Crippen LogP contribution is -2.12. The van der Waals surface area contributed by atoms with Crippen molar-refractivity contribution in [2.24, 2.45) is 11.1 Å². The first-order valence-corrected chi connectivity index (χ1v) is 6.78. The topological polar surface area (TPSA) is 45.5 Å². The van der Waals surface area contributed by atoms with Gasteiger partial charge in [-0.05, 0) is 25.0 Å². The van der Waals surface area contributed by atoms with Gasteiger partial charge in [0.25, 0.3) is 0 Å². The highest BCUT2D eigenvalue weighted by molar-refractivity contribution is 7.20. The van der Waals surface area contributed by atoms with Crippen molar-refractivity contribution in [2.45, 2.75) is 25.7 Å². The fourth-order valence-corrected chi connectivity index (χ4v) is 3.51. The number of fused-ring (bicyclic) bond motifs is 1. The highest BCUT2D eigenvalue weighted by atomic mass is 32.1. The number of hydrogen-bond donors (Lipinski definition) is 1. The zero-order valence-electron chi connectivity index (χ0n) is 9.47. The van der Waals surface area contributed by atoms with E-state index in [2.05, 4.69) is 16.2 Å². The molecule has 0 spiro atoms. The lowest BCUT2D eigenvalue weighted by Gasteiger charge is -2.07. The van der Waals surface area contributed by atoms with Crippen molar-refractivity contribution in [3.63, 3.8) is 0 Å². The third kappa shape index (κ3) is 1.93. The molecule has 0 bridgehead atoms. The van der Waals surface area contributed by atoms with Gasteiger partial charge in [0.15, 0.2) is 0 Å². The van der Waals surface area contributed by atoms with Gasteiger partial charge in [0.05, 0.1) is 10.2 Å². The van der Waals surface area contributed by atoms with Crippen LogP contribution in [0.3, 0.4) is 0 Å². The SMILES string of the molecule is O/N=C(/c1nc2ccccc2s1)C1CCCC1. The second-order valence-electron chi connectivity index (χ2n) is 4.45. The lowest BCUT2D eigenvalue weighted by atomic mass is 10.0. The van der Waals surface area contributed by atoms with E-state index in [0.29, 0.717) is 5.92 Å². The molecule has 3 rings (SSSR count). The highest BCUT2D eigenvalue weighted by Gasteiger charge is 2.25. The van der Waals surface area contributed by atoms with Gasteiger partial charge in [-0.15, -0.1) is 11.3 Å². The number of aromatic nitrogens is 1. The molecule has 1 aliphatic carbocycles. The Morgan fingerprint density at radius 3 is 2.76 bits per heavy atom. The molecular formula is C13H14N2OS. The highest BCUT2D eigenvalue weighted by Crippen LogP contribution is 2.31. The minimum absolute atomic E-state index is 0.389. The summed E-state index contributed by atoms with van der Waals surface area (Å²) in [6.07, 6.45) is 4.70. The van der Waals surface area contributed by atoms with Crippen LogP contribution in [-0.4, -0.2) is 15.9 Å². The van der Waals surface area contributed by atoms with Crippen LogP contribution in [0.15, 0.2) is 29.4 Å². The first-order chi connectivity index (χ1) is 8.38. The summed E-state index contributed by atoms with van der Waals surface area (Å²) in [4.78, 5) is 4.56. The van der Waals surface area contributed by atoms with Crippen LogP contribution in [0.4, 0.5) is 0 Å². The number of rotatable bonds is 2. The molecule has 0 unspecified atom stereocenters. The van der Waals surface area contributed by atoms with Crippen LogP contribution in [-0.2, 0) is 0 Å². The summed E-state index contributed by atoms with van der Waals surface area (Å²) in [6.45, 7) is 0. The molecule has 1 heterocycles. The molecule has 0 saturated heterocycles. The zero-order valence-corrected chi connectivity index (χ0v) is 10.3. The molecule has 3 nitrogen and oxygen atoms in total. The fourth-order valence-electron chi connectivity index (χ4n) is 2.48. The van der Waals surface area contributed by atoms with Gasteiger partial charge in [-0.3, -0.25) is 0 Å². The van der Waals surface area contributed by atoms with E-state index < -0.39 is 0 Å². The molecule has 0 atom stereocenters. The largest absolute Gasteiger partial charge is 0.411 e. The molecule has 1 aromatic heterocycles. The van der Waals surface area contributed by atoms with E-state index in [1.165, 1.54) is 12.8 Å². The zero-order chi connectivity index (χ0) is 11.7. The molecule has 4 heteroatoms. The summed E-state index contributed by atoms with van der Waals surface area (Å²) in [5.41, 5.74) is 1.77. The first kappa shape index (κ1) is 10.7. The van der Waals surface area contributed by atoms with Crippen LogP contribution in [0.5, 0.6) is 0 Å². The lowest BCUT2D eigenvalue weighted by molar-refractivity contribution is 0.315. The fraction of sp³-hybridized carbons (Fsp3) is 0.385. The quantitative estimate of drug-likeness (QED) is 0.499. The van der Waals surface area contributed by atoms with E-state index in [9.17, 15) is 5.21 Å². The van der Waals surface area contributed by atoms with Gasteiger partial charge < -0.3 is 5.21 Å². The van der Waals surface area contributed by atoms with Crippen molar-refractivity contribution in [3.05, 3.63) is 29.3 Å². The second-order valence-corrected chi connectivity index (χ2v) is 5.48. The molecule has 0 amide bonds. The standard InChI is InChI=1S/C13H14N2OS/c16-15-12(9-5-1-2-6-9)13-14-10-7-3-4-8-11(10)17-13/h3-4,7-9,16H,1-2,5-6H2/b15-12+. The molecule has 0 aliphatic heterocycles. The molecule has 0 radical (unpaired) electrons. The molecule has 17 heavy (non-hydrogen) atoms. The van der Waals surface area contributed by atoms with Gasteiger partial charge in [-0.1, -0.05) is 30.1 Å². The number of para-hydroxylation sites is 1. The van der Waals surface area contributed by atoms with E-state index >= 15 is 0 Å². The molecule has 1 aliphatic rings. The van der Waals surface area contributed by atoms with E-state index in [4.69, 9.17) is 0 Å². The number of nitrogens with zero attached hydrogens (tertiary/aromatic N) is 2. The van der Waals surface area contributed by atoms with Crippen molar-refractivity contribution < 1.29 is 5.21 Å². The smallest absolute Gasteiger partial charge is 0.142 e. The summed E-state index contributed by atoms with van der Waals surface area (Å²) in [6, 6.07) is 8.05. The Morgan fingerprint density at radius 1 is 1.29 bits per heavy atom. The van der Waals surface area contributed by atoms with Crippen LogP contribution >= 0.6 is 11.3 Å². The van der Waals surface area contributed by atoms with Crippen LogP contribution in [0.25, 0.3) is 10.2 Å². The second kappa shape index (κ2) is 4.45. The Morgan fingerprint density at radius 2 is 2.06 bits per heavy atom. The van der Waals surface area contributed by atoms with Gasteiger partial charge >= 0.3 is 0 Å². The van der Waals surface area contributed by atoms with Crippen molar-refractivity contribution in [3.8, 4) is 0 Å². The first-order valence-electron chi connectivity index (χ1n) is 5.96. The number of benzene rings is 1. The Hall–Kier alpha value is -1.42. The minimum atomic E-state index is 0.389. The van der Waals surface area contributed by atoms with E-state index in [1.54, 1.807) is 11.3 Å². The summed E-state index contributed by atoms with van der Waals surface area (Å²) in [5.74, 6) is 0.389. The van der Waals surface area contributed by atoms with Crippen molar-refractivity contribution in [2.75, 3.05) is 0 Å². The number of hydrogen-bond acceptors (Lipinski definition) is 4. The monoisotopic (exact) mass is 246 g/mol. The summed E-state index contributed by atoms with van der Waals surface area (Å²) >= 11 is 1.61. The Labute approximate surface area is 104 Å². The number of oxime groups is 1. The van der Waals surface area contributed by atoms with E-state index in [1.807, 2.05) is 18.2 Å². The molecule has 1 N–H and O–H groups in total. The maximum Gasteiger partial charge on any atom is 0.142 e. The molecular weight excluding hydrogens is 232 g/mol. The van der Waals surface area contributed by atoms with Crippen LogP contribution in [0.2, 0.25) is 0 Å². The van der Waals surface area contributed by atoms with Gasteiger partial charge in [-0.25, -0.2) is 4.98 Å². The Bertz CT molecular complexity index is 522.